The highest BCUT2D eigenvalue weighted by Gasteiger charge is 2.27. The molecule has 2 rings (SSSR count). The molecule has 1 aromatic rings. The third kappa shape index (κ3) is 3.50. The normalized spacial score (nSPS) is 15.9. The predicted octanol–water partition coefficient (Wildman–Crippen LogP) is 3.85. The molecule has 1 N–H and O–H groups in total. The molecule has 1 aliphatic carbocycles. The van der Waals surface area contributed by atoms with E-state index in [1.54, 1.807) is 7.11 Å². The molecule has 0 bridgehead atoms. The first-order valence-electron chi connectivity index (χ1n) is 7.36. The van der Waals surface area contributed by atoms with Crippen molar-refractivity contribution in [2.75, 3.05) is 13.7 Å². The summed E-state index contributed by atoms with van der Waals surface area (Å²) in [6.45, 7) is 10.1. The Bertz CT molecular complexity index is 433. The molecule has 2 heteroatoms. The fourth-order valence-corrected chi connectivity index (χ4v) is 2.40. The predicted molar refractivity (Wildman–Crippen MR) is 81.1 cm³/mol. The van der Waals surface area contributed by atoms with Crippen molar-refractivity contribution in [3.8, 4) is 5.75 Å². The summed E-state index contributed by atoms with van der Waals surface area (Å²) in [5.41, 5.74) is 2.86. The van der Waals surface area contributed by atoms with Crippen LogP contribution in [0, 0.1) is 0 Å². The standard InChI is InChI=1S/C17H27NO/c1-12(2)15-10-13(6-9-16(15)19-5)17(3,4)11-18-14-7-8-14/h6,9-10,12,14,18H,7-8,11H2,1-5H3. The quantitative estimate of drug-likeness (QED) is 0.840. The molecule has 1 aliphatic rings. The molecule has 0 unspecified atom stereocenters. The van der Waals surface area contributed by atoms with Gasteiger partial charge in [-0.25, -0.2) is 0 Å². The highest BCUT2D eigenvalue weighted by atomic mass is 16.5. The van der Waals surface area contributed by atoms with Gasteiger partial charge in [0, 0.05) is 18.0 Å². The maximum absolute atomic E-state index is 5.47. The maximum Gasteiger partial charge on any atom is 0.122 e. The summed E-state index contributed by atoms with van der Waals surface area (Å²) in [5, 5.41) is 3.64. The largest absolute Gasteiger partial charge is 0.496 e. The Hall–Kier alpha value is -1.02. The van der Waals surface area contributed by atoms with Crippen LogP contribution in [-0.4, -0.2) is 19.7 Å². The molecule has 1 saturated carbocycles. The van der Waals surface area contributed by atoms with E-state index < -0.39 is 0 Å². The third-order valence-corrected chi connectivity index (χ3v) is 4.04. The van der Waals surface area contributed by atoms with Gasteiger partial charge in [0.2, 0.25) is 0 Å². The minimum atomic E-state index is 0.165. The summed E-state index contributed by atoms with van der Waals surface area (Å²) in [6, 6.07) is 7.41. The summed E-state index contributed by atoms with van der Waals surface area (Å²) in [6.07, 6.45) is 2.69. The third-order valence-electron chi connectivity index (χ3n) is 4.04. The Morgan fingerprint density at radius 3 is 2.53 bits per heavy atom. The van der Waals surface area contributed by atoms with Crippen LogP contribution < -0.4 is 10.1 Å². The van der Waals surface area contributed by atoms with Gasteiger partial charge in [-0.05, 0) is 36.0 Å². The molecule has 0 aliphatic heterocycles. The van der Waals surface area contributed by atoms with Gasteiger partial charge in [0.1, 0.15) is 5.75 Å². The number of hydrogen-bond donors (Lipinski definition) is 1. The average Bonchev–Trinajstić information content (AvgIpc) is 3.19. The smallest absolute Gasteiger partial charge is 0.122 e. The van der Waals surface area contributed by atoms with Gasteiger partial charge < -0.3 is 10.1 Å². The lowest BCUT2D eigenvalue weighted by Gasteiger charge is -2.27. The topological polar surface area (TPSA) is 21.3 Å². The molecular weight excluding hydrogens is 234 g/mol. The van der Waals surface area contributed by atoms with Gasteiger partial charge in [0.05, 0.1) is 7.11 Å². The Labute approximate surface area is 117 Å². The molecule has 1 fully saturated rings. The van der Waals surface area contributed by atoms with Crippen LogP contribution in [0.3, 0.4) is 0 Å². The molecule has 19 heavy (non-hydrogen) atoms. The highest BCUT2D eigenvalue weighted by molar-refractivity contribution is 5.41. The maximum atomic E-state index is 5.47. The second-order valence-electron chi connectivity index (χ2n) is 6.65. The lowest BCUT2D eigenvalue weighted by atomic mass is 9.82. The van der Waals surface area contributed by atoms with E-state index in [4.69, 9.17) is 4.74 Å². The molecule has 0 saturated heterocycles. The van der Waals surface area contributed by atoms with Gasteiger partial charge in [-0.2, -0.15) is 0 Å². The molecule has 0 aromatic heterocycles. The second kappa shape index (κ2) is 5.54. The van der Waals surface area contributed by atoms with Crippen molar-refractivity contribution in [2.45, 2.75) is 57.9 Å². The zero-order chi connectivity index (χ0) is 14.0. The van der Waals surface area contributed by atoms with Gasteiger partial charge in [0.25, 0.3) is 0 Å². The zero-order valence-electron chi connectivity index (χ0n) is 12.9. The van der Waals surface area contributed by atoms with Gasteiger partial charge >= 0.3 is 0 Å². The minimum Gasteiger partial charge on any atom is -0.496 e. The molecule has 0 heterocycles. The van der Waals surface area contributed by atoms with Crippen LogP contribution in [0.15, 0.2) is 18.2 Å². The summed E-state index contributed by atoms with van der Waals surface area (Å²) >= 11 is 0. The van der Waals surface area contributed by atoms with Gasteiger partial charge in [-0.1, -0.05) is 39.8 Å². The van der Waals surface area contributed by atoms with Gasteiger partial charge in [0.15, 0.2) is 0 Å². The van der Waals surface area contributed by atoms with Gasteiger partial charge in [-0.3, -0.25) is 0 Å². The van der Waals surface area contributed by atoms with Crippen molar-refractivity contribution in [3.63, 3.8) is 0 Å². The molecule has 0 spiro atoms. The first kappa shape index (κ1) is 14.4. The fraction of sp³-hybridized carbons (Fsp3) is 0.647. The van der Waals surface area contributed by atoms with E-state index in [0.717, 1.165) is 18.3 Å². The number of hydrogen-bond acceptors (Lipinski definition) is 2. The highest BCUT2D eigenvalue weighted by Crippen LogP contribution is 2.32. The number of benzene rings is 1. The molecular formula is C17H27NO. The summed E-state index contributed by atoms with van der Waals surface area (Å²) < 4.78 is 5.47. The molecule has 0 atom stereocenters. The van der Waals surface area contributed by atoms with Crippen molar-refractivity contribution >= 4 is 0 Å². The fourth-order valence-electron chi connectivity index (χ4n) is 2.40. The van der Waals surface area contributed by atoms with Crippen LogP contribution in [0.5, 0.6) is 5.75 Å². The number of methoxy groups -OCH3 is 1. The first-order chi connectivity index (χ1) is 8.94. The van der Waals surface area contributed by atoms with Crippen molar-refractivity contribution < 1.29 is 4.74 Å². The van der Waals surface area contributed by atoms with Crippen LogP contribution in [0.1, 0.15) is 57.6 Å². The summed E-state index contributed by atoms with van der Waals surface area (Å²) in [4.78, 5) is 0. The van der Waals surface area contributed by atoms with Crippen LogP contribution in [-0.2, 0) is 5.41 Å². The lowest BCUT2D eigenvalue weighted by molar-refractivity contribution is 0.405. The minimum absolute atomic E-state index is 0.165. The first-order valence-corrected chi connectivity index (χ1v) is 7.36. The van der Waals surface area contributed by atoms with E-state index >= 15 is 0 Å². The van der Waals surface area contributed by atoms with Crippen LogP contribution >= 0.6 is 0 Å². The Balaban J connectivity index is 2.19. The molecule has 0 amide bonds. The van der Waals surface area contributed by atoms with Crippen molar-refractivity contribution in [1.82, 2.24) is 5.32 Å². The van der Waals surface area contributed by atoms with Crippen molar-refractivity contribution in [3.05, 3.63) is 29.3 Å². The SMILES string of the molecule is COc1ccc(C(C)(C)CNC2CC2)cc1C(C)C. The van der Waals surface area contributed by atoms with E-state index in [1.165, 1.54) is 24.0 Å². The van der Waals surface area contributed by atoms with E-state index in [2.05, 4.69) is 51.2 Å². The molecule has 2 nitrogen and oxygen atoms in total. The van der Waals surface area contributed by atoms with Crippen LogP contribution in [0.4, 0.5) is 0 Å². The van der Waals surface area contributed by atoms with Gasteiger partial charge in [-0.15, -0.1) is 0 Å². The molecule has 106 valence electrons. The molecule has 0 radical (unpaired) electrons. The zero-order valence-corrected chi connectivity index (χ0v) is 12.9. The Kier molecular flexibility index (Phi) is 4.19. The lowest BCUT2D eigenvalue weighted by Crippen LogP contribution is -2.34. The van der Waals surface area contributed by atoms with Crippen LogP contribution in [0.25, 0.3) is 0 Å². The second-order valence-corrected chi connectivity index (χ2v) is 6.65. The number of rotatable bonds is 6. The van der Waals surface area contributed by atoms with Crippen molar-refractivity contribution in [2.24, 2.45) is 0 Å². The van der Waals surface area contributed by atoms with E-state index in [0.29, 0.717) is 5.92 Å². The Morgan fingerprint density at radius 1 is 1.32 bits per heavy atom. The Morgan fingerprint density at radius 2 is 2.00 bits per heavy atom. The summed E-state index contributed by atoms with van der Waals surface area (Å²) in [5.74, 6) is 1.49. The monoisotopic (exact) mass is 261 g/mol. The number of ether oxygens (including phenoxy) is 1. The molecule has 1 aromatic carbocycles. The van der Waals surface area contributed by atoms with Crippen LogP contribution in [0.2, 0.25) is 0 Å². The summed E-state index contributed by atoms with van der Waals surface area (Å²) in [7, 11) is 1.75. The van der Waals surface area contributed by atoms with Crippen molar-refractivity contribution in [1.29, 1.82) is 0 Å². The van der Waals surface area contributed by atoms with E-state index in [-0.39, 0.29) is 5.41 Å². The number of nitrogens with one attached hydrogen (secondary N) is 1. The van der Waals surface area contributed by atoms with E-state index in [1.807, 2.05) is 0 Å². The van der Waals surface area contributed by atoms with E-state index in [9.17, 15) is 0 Å². The average molecular weight is 261 g/mol.